The zero-order valence-corrected chi connectivity index (χ0v) is 13.2. The zero-order chi connectivity index (χ0) is 16.7. The molecular weight excluding hydrogens is 290 g/mol. The Balaban J connectivity index is 1.79. The van der Waals surface area contributed by atoms with Crippen LogP contribution in [0, 0.1) is 0 Å². The third kappa shape index (κ3) is 5.58. The maximum absolute atomic E-state index is 11.0. The molecule has 0 heterocycles. The van der Waals surface area contributed by atoms with Crippen molar-refractivity contribution in [2.75, 3.05) is 6.61 Å². The topological polar surface area (TPSA) is 69.4 Å². The van der Waals surface area contributed by atoms with E-state index >= 15 is 0 Å². The van der Waals surface area contributed by atoms with Crippen molar-refractivity contribution in [2.24, 2.45) is 5.73 Å². The summed E-state index contributed by atoms with van der Waals surface area (Å²) in [7, 11) is 0. The van der Waals surface area contributed by atoms with Crippen LogP contribution in [0.4, 0.5) is 0 Å². The van der Waals surface area contributed by atoms with Crippen LogP contribution < -0.4 is 10.5 Å². The molecule has 0 aliphatic carbocycles. The lowest BCUT2D eigenvalue weighted by atomic mass is 10.1. The van der Waals surface area contributed by atoms with Crippen molar-refractivity contribution in [3.63, 3.8) is 0 Å². The van der Waals surface area contributed by atoms with Gasteiger partial charge in [-0.1, -0.05) is 24.3 Å². The summed E-state index contributed by atoms with van der Waals surface area (Å²) in [6, 6.07) is 15.0. The highest BCUT2D eigenvalue weighted by Crippen LogP contribution is 2.14. The van der Waals surface area contributed by atoms with Crippen LogP contribution in [0.15, 0.2) is 48.5 Å². The number of benzene rings is 2. The number of ketones is 1. The van der Waals surface area contributed by atoms with Crippen molar-refractivity contribution in [2.45, 2.75) is 26.2 Å². The molecule has 4 nitrogen and oxygen atoms in total. The second kappa shape index (κ2) is 8.13. The first-order valence-corrected chi connectivity index (χ1v) is 7.64. The monoisotopic (exact) mass is 311 g/mol. The van der Waals surface area contributed by atoms with Gasteiger partial charge in [-0.3, -0.25) is 4.79 Å². The van der Waals surface area contributed by atoms with E-state index in [9.17, 15) is 9.59 Å². The molecule has 0 fully saturated rings. The van der Waals surface area contributed by atoms with Crippen LogP contribution >= 0.6 is 0 Å². The summed E-state index contributed by atoms with van der Waals surface area (Å²) in [5.74, 6) is 0.593. The molecule has 0 unspecified atom stereocenters. The Labute approximate surface area is 136 Å². The van der Waals surface area contributed by atoms with Gasteiger partial charge in [0.05, 0.1) is 6.61 Å². The molecule has 0 aromatic heterocycles. The number of rotatable bonds is 8. The van der Waals surface area contributed by atoms with Gasteiger partial charge in [0.2, 0.25) is 5.91 Å². The highest BCUT2D eigenvalue weighted by atomic mass is 16.5. The van der Waals surface area contributed by atoms with E-state index in [1.807, 2.05) is 36.4 Å². The van der Waals surface area contributed by atoms with Gasteiger partial charge in [-0.05, 0) is 48.7 Å². The fourth-order valence-corrected chi connectivity index (χ4v) is 2.20. The Morgan fingerprint density at radius 2 is 1.48 bits per heavy atom. The first kappa shape index (κ1) is 16.7. The first-order chi connectivity index (χ1) is 11.0. The molecule has 1 amide bonds. The summed E-state index contributed by atoms with van der Waals surface area (Å²) >= 11 is 0. The Hall–Kier alpha value is -2.62. The summed E-state index contributed by atoms with van der Waals surface area (Å²) in [6.45, 7) is 2.16. The first-order valence-electron chi connectivity index (χ1n) is 7.64. The number of carbonyl (C=O) groups is 2. The van der Waals surface area contributed by atoms with Crippen molar-refractivity contribution in [3.05, 3.63) is 65.2 Å². The number of nitrogens with two attached hydrogens (primary N) is 1. The average molecular weight is 311 g/mol. The summed E-state index contributed by atoms with van der Waals surface area (Å²) < 4.78 is 5.71. The Bertz CT molecular complexity index is 660. The molecule has 0 aliphatic heterocycles. The van der Waals surface area contributed by atoms with Gasteiger partial charge in [0.25, 0.3) is 0 Å². The minimum Gasteiger partial charge on any atom is -0.493 e. The summed E-state index contributed by atoms with van der Waals surface area (Å²) in [5.41, 5.74) is 7.94. The smallest absolute Gasteiger partial charge is 0.248 e. The van der Waals surface area contributed by atoms with E-state index < -0.39 is 5.91 Å². The van der Waals surface area contributed by atoms with Gasteiger partial charge >= 0.3 is 0 Å². The number of primary amides is 1. The molecule has 23 heavy (non-hydrogen) atoms. The SMILES string of the molecule is CC(=O)CCc1ccc(OCCc2ccc(C(N)=O)cc2)cc1. The van der Waals surface area contributed by atoms with E-state index in [4.69, 9.17) is 10.5 Å². The van der Waals surface area contributed by atoms with E-state index in [0.29, 0.717) is 18.6 Å². The van der Waals surface area contributed by atoms with E-state index in [0.717, 1.165) is 29.7 Å². The molecule has 2 aromatic rings. The molecule has 0 saturated carbocycles. The minimum absolute atomic E-state index is 0.202. The van der Waals surface area contributed by atoms with Crippen molar-refractivity contribution < 1.29 is 14.3 Å². The normalized spacial score (nSPS) is 10.3. The summed E-state index contributed by atoms with van der Waals surface area (Å²) in [5, 5.41) is 0. The molecule has 2 rings (SSSR count). The van der Waals surface area contributed by atoms with E-state index in [1.165, 1.54) is 0 Å². The Morgan fingerprint density at radius 3 is 2.04 bits per heavy atom. The molecular formula is C19H21NO3. The maximum atomic E-state index is 11.0. The minimum atomic E-state index is -0.419. The van der Waals surface area contributed by atoms with Crippen molar-refractivity contribution >= 4 is 11.7 Å². The molecule has 0 atom stereocenters. The average Bonchev–Trinajstić information content (AvgIpc) is 2.54. The molecule has 2 N–H and O–H groups in total. The maximum Gasteiger partial charge on any atom is 0.248 e. The standard InChI is InChI=1S/C19H21NO3/c1-14(21)2-3-15-6-10-18(11-7-15)23-13-12-16-4-8-17(9-5-16)19(20)22/h4-11H,2-3,12-13H2,1H3,(H2,20,22). The molecule has 120 valence electrons. The number of hydrogen-bond donors (Lipinski definition) is 1. The predicted molar refractivity (Wildman–Crippen MR) is 89.6 cm³/mol. The van der Waals surface area contributed by atoms with Gasteiger partial charge in [-0.25, -0.2) is 0 Å². The van der Waals surface area contributed by atoms with Crippen LogP contribution in [0.2, 0.25) is 0 Å². The largest absolute Gasteiger partial charge is 0.493 e. The van der Waals surface area contributed by atoms with Crippen molar-refractivity contribution in [1.82, 2.24) is 0 Å². The third-order valence-electron chi connectivity index (χ3n) is 3.59. The molecule has 0 spiro atoms. The lowest BCUT2D eigenvalue weighted by Gasteiger charge is -2.07. The number of carbonyl (C=O) groups excluding carboxylic acids is 2. The van der Waals surface area contributed by atoms with Gasteiger partial charge in [-0.2, -0.15) is 0 Å². The number of Topliss-reactive ketones (excluding diaryl/α,β-unsaturated/α-hetero) is 1. The van der Waals surface area contributed by atoms with Gasteiger partial charge < -0.3 is 15.3 Å². The van der Waals surface area contributed by atoms with E-state index in [-0.39, 0.29) is 5.78 Å². The molecule has 0 bridgehead atoms. The van der Waals surface area contributed by atoms with Crippen LogP contribution in [0.25, 0.3) is 0 Å². The van der Waals surface area contributed by atoms with E-state index in [2.05, 4.69) is 0 Å². The molecule has 0 radical (unpaired) electrons. The van der Waals surface area contributed by atoms with Crippen LogP contribution in [-0.2, 0) is 17.6 Å². The summed E-state index contributed by atoms with van der Waals surface area (Å²) in [4.78, 5) is 22.0. The molecule has 0 aliphatic rings. The van der Waals surface area contributed by atoms with Crippen molar-refractivity contribution in [1.29, 1.82) is 0 Å². The lowest BCUT2D eigenvalue weighted by Crippen LogP contribution is -2.10. The van der Waals surface area contributed by atoms with Crippen LogP contribution in [0.3, 0.4) is 0 Å². The van der Waals surface area contributed by atoms with Crippen LogP contribution in [0.1, 0.15) is 34.8 Å². The number of amides is 1. The summed E-state index contributed by atoms with van der Waals surface area (Å²) in [6.07, 6.45) is 2.09. The Kier molecular flexibility index (Phi) is 5.92. The molecule has 0 saturated heterocycles. The van der Waals surface area contributed by atoms with Gasteiger partial charge in [-0.15, -0.1) is 0 Å². The predicted octanol–water partition coefficient (Wildman–Crippen LogP) is 2.93. The van der Waals surface area contributed by atoms with Crippen LogP contribution in [0.5, 0.6) is 5.75 Å². The fraction of sp³-hybridized carbons (Fsp3) is 0.263. The lowest BCUT2D eigenvalue weighted by molar-refractivity contribution is -0.116. The highest BCUT2D eigenvalue weighted by molar-refractivity contribution is 5.92. The molecule has 4 heteroatoms. The number of hydrogen-bond acceptors (Lipinski definition) is 3. The third-order valence-corrected chi connectivity index (χ3v) is 3.59. The zero-order valence-electron chi connectivity index (χ0n) is 13.2. The van der Waals surface area contributed by atoms with Crippen LogP contribution in [-0.4, -0.2) is 18.3 Å². The molecule has 2 aromatic carbocycles. The van der Waals surface area contributed by atoms with Crippen molar-refractivity contribution in [3.8, 4) is 5.75 Å². The van der Waals surface area contributed by atoms with Gasteiger partial charge in [0, 0.05) is 18.4 Å². The Morgan fingerprint density at radius 1 is 0.913 bits per heavy atom. The van der Waals surface area contributed by atoms with Gasteiger partial charge in [0.15, 0.2) is 0 Å². The highest BCUT2D eigenvalue weighted by Gasteiger charge is 2.01. The van der Waals surface area contributed by atoms with Gasteiger partial charge in [0.1, 0.15) is 11.5 Å². The van der Waals surface area contributed by atoms with E-state index in [1.54, 1.807) is 19.1 Å². The second-order valence-electron chi connectivity index (χ2n) is 5.51. The fourth-order valence-electron chi connectivity index (χ4n) is 2.20. The second-order valence-corrected chi connectivity index (χ2v) is 5.51. The quantitative estimate of drug-likeness (QED) is 0.815. The number of aryl methyl sites for hydroxylation is 1. The number of ether oxygens (including phenoxy) is 1.